The maximum absolute atomic E-state index is 6.16. The van der Waals surface area contributed by atoms with Gasteiger partial charge in [-0.2, -0.15) is 0 Å². The van der Waals surface area contributed by atoms with E-state index in [1.54, 1.807) is 7.11 Å². The van der Waals surface area contributed by atoms with Gasteiger partial charge in [0.2, 0.25) is 0 Å². The number of aryl methyl sites for hydroxylation is 1. The van der Waals surface area contributed by atoms with Crippen LogP contribution in [0, 0.1) is 6.92 Å². The molecule has 3 rings (SSSR count). The Morgan fingerprint density at radius 3 is 2.74 bits per heavy atom. The Morgan fingerprint density at radius 2 is 2.04 bits per heavy atom. The average Bonchev–Trinajstić information content (AvgIpc) is 2.91. The van der Waals surface area contributed by atoms with Crippen LogP contribution in [0.15, 0.2) is 18.2 Å². The Kier molecular flexibility index (Phi) is 5.57. The number of methoxy groups -OCH3 is 1. The SMILES string of the molecule is COCc1cc(Cl)sc1-c1ccc(OC2CCCCC2)c(C)n1. The number of rotatable bonds is 5. The summed E-state index contributed by atoms with van der Waals surface area (Å²) in [5.41, 5.74) is 2.94. The number of aromatic nitrogens is 1. The summed E-state index contributed by atoms with van der Waals surface area (Å²) >= 11 is 7.70. The van der Waals surface area contributed by atoms with E-state index in [1.807, 2.05) is 25.1 Å². The molecule has 0 N–H and O–H groups in total. The first-order chi connectivity index (χ1) is 11.2. The summed E-state index contributed by atoms with van der Waals surface area (Å²) in [6, 6.07) is 6.01. The summed E-state index contributed by atoms with van der Waals surface area (Å²) in [6.07, 6.45) is 6.51. The van der Waals surface area contributed by atoms with Crippen LogP contribution in [0.25, 0.3) is 10.6 Å². The quantitative estimate of drug-likeness (QED) is 0.699. The summed E-state index contributed by atoms with van der Waals surface area (Å²) in [4.78, 5) is 5.81. The molecule has 0 aliphatic heterocycles. The molecule has 0 bridgehead atoms. The van der Waals surface area contributed by atoms with Gasteiger partial charge < -0.3 is 9.47 Å². The van der Waals surface area contributed by atoms with Gasteiger partial charge in [0.05, 0.1) is 33.3 Å². The van der Waals surface area contributed by atoms with Crippen molar-refractivity contribution in [3.63, 3.8) is 0 Å². The van der Waals surface area contributed by atoms with Gasteiger partial charge in [0.1, 0.15) is 5.75 Å². The number of ether oxygens (including phenoxy) is 2. The molecule has 1 aliphatic carbocycles. The van der Waals surface area contributed by atoms with Crippen LogP contribution in [-0.4, -0.2) is 18.2 Å². The summed E-state index contributed by atoms with van der Waals surface area (Å²) in [5, 5.41) is 0. The van der Waals surface area contributed by atoms with E-state index < -0.39 is 0 Å². The van der Waals surface area contributed by atoms with Crippen LogP contribution in [-0.2, 0) is 11.3 Å². The minimum atomic E-state index is 0.343. The Hall–Kier alpha value is -1.10. The van der Waals surface area contributed by atoms with Crippen LogP contribution in [0.5, 0.6) is 5.75 Å². The fourth-order valence-electron chi connectivity index (χ4n) is 3.04. The van der Waals surface area contributed by atoms with Gasteiger partial charge in [-0.25, -0.2) is 4.98 Å². The Morgan fingerprint density at radius 1 is 1.26 bits per heavy atom. The molecular formula is C18H22ClNO2S. The lowest BCUT2D eigenvalue weighted by molar-refractivity contribution is 0.153. The monoisotopic (exact) mass is 351 g/mol. The largest absolute Gasteiger partial charge is 0.489 e. The molecule has 1 saturated carbocycles. The molecule has 23 heavy (non-hydrogen) atoms. The van der Waals surface area contributed by atoms with Gasteiger partial charge in [0, 0.05) is 7.11 Å². The molecule has 0 amide bonds. The van der Waals surface area contributed by atoms with Crippen molar-refractivity contribution in [2.24, 2.45) is 0 Å². The van der Waals surface area contributed by atoms with Crippen molar-refractivity contribution in [3.05, 3.63) is 33.8 Å². The second kappa shape index (κ2) is 7.65. The Labute approximate surface area is 146 Å². The normalized spacial score (nSPS) is 15.8. The zero-order chi connectivity index (χ0) is 16.2. The number of hydrogen-bond donors (Lipinski definition) is 0. The number of hydrogen-bond acceptors (Lipinski definition) is 4. The molecule has 0 spiro atoms. The van der Waals surface area contributed by atoms with Gasteiger partial charge in [0.25, 0.3) is 0 Å². The second-order valence-electron chi connectivity index (χ2n) is 6.00. The molecule has 3 nitrogen and oxygen atoms in total. The average molecular weight is 352 g/mol. The molecule has 0 unspecified atom stereocenters. The lowest BCUT2D eigenvalue weighted by Gasteiger charge is -2.23. The minimum absolute atomic E-state index is 0.343. The number of halogens is 1. The molecule has 0 atom stereocenters. The summed E-state index contributed by atoms with van der Waals surface area (Å²) in [5.74, 6) is 0.900. The van der Waals surface area contributed by atoms with Gasteiger partial charge in [-0.05, 0) is 56.4 Å². The highest BCUT2D eigenvalue weighted by atomic mass is 35.5. The number of thiophene rings is 1. The summed E-state index contributed by atoms with van der Waals surface area (Å²) in [6.45, 7) is 2.55. The highest BCUT2D eigenvalue weighted by Gasteiger charge is 2.17. The van der Waals surface area contributed by atoms with Crippen LogP contribution < -0.4 is 4.74 Å². The molecule has 124 valence electrons. The first-order valence-corrected chi connectivity index (χ1v) is 9.28. The highest BCUT2D eigenvalue weighted by molar-refractivity contribution is 7.19. The van der Waals surface area contributed by atoms with Crippen LogP contribution in [0.2, 0.25) is 4.34 Å². The molecule has 0 saturated heterocycles. The molecule has 0 radical (unpaired) electrons. The van der Waals surface area contributed by atoms with Crippen LogP contribution in [0.1, 0.15) is 43.4 Å². The lowest BCUT2D eigenvalue weighted by Crippen LogP contribution is -2.20. The molecular weight excluding hydrogens is 330 g/mol. The van der Waals surface area contributed by atoms with Crippen molar-refractivity contribution in [2.75, 3.05) is 7.11 Å². The predicted molar refractivity (Wildman–Crippen MR) is 95.5 cm³/mol. The lowest BCUT2D eigenvalue weighted by atomic mass is 9.98. The number of pyridine rings is 1. The maximum atomic E-state index is 6.16. The summed E-state index contributed by atoms with van der Waals surface area (Å²) in [7, 11) is 1.69. The third kappa shape index (κ3) is 4.06. The van der Waals surface area contributed by atoms with E-state index in [2.05, 4.69) is 0 Å². The predicted octanol–water partition coefficient (Wildman–Crippen LogP) is 5.63. The third-order valence-corrected chi connectivity index (χ3v) is 5.52. The van der Waals surface area contributed by atoms with Gasteiger partial charge in [0.15, 0.2) is 0 Å². The zero-order valence-corrected chi connectivity index (χ0v) is 15.2. The van der Waals surface area contributed by atoms with Crippen molar-refractivity contribution < 1.29 is 9.47 Å². The first kappa shape index (κ1) is 16.7. The molecule has 1 fully saturated rings. The standard InChI is InChI=1S/C18H22ClNO2S/c1-12-16(22-14-6-4-3-5-7-14)9-8-15(20-12)18-13(11-21-2)10-17(19)23-18/h8-10,14H,3-7,11H2,1-2H3. The Balaban J connectivity index is 1.81. The smallest absolute Gasteiger partial charge is 0.140 e. The van der Waals surface area contributed by atoms with E-state index in [0.717, 1.165) is 44.8 Å². The van der Waals surface area contributed by atoms with E-state index in [-0.39, 0.29) is 0 Å². The first-order valence-electron chi connectivity index (χ1n) is 8.09. The van der Waals surface area contributed by atoms with Crippen LogP contribution in [0.3, 0.4) is 0 Å². The van der Waals surface area contributed by atoms with Crippen molar-refractivity contribution >= 4 is 22.9 Å². The van der Waals surface area contributed by atoms with E-state index >= 15 is 0 Å². The van der Waals surface area contributed by atoms with Crippen molar-refractivity contribution in [1.82, 2.24) is 4.98 Å². The topological polar surface area (TPSA) is 31.4 Å². The van der Waals surface area contributed by atoms with Crippen molar-refractivity contribution in [3.8, 4) is 16.3 Å². The van der Waals surface area contributed by atoms with Gasteiger partial charge >= 0.3 is 0 Å². The van der Waals surface area contributed by atoms with Gasteiger partial charge in [-0.1, -0.05) is 18.0 Å². The van der Waals surface area contributed by atoms with Crippen LogP contribution in [0.4, 0.5) is 0 Å². The minimum Gasteiger partial charge on any atom is -0.489 e. The molecule has 5 heteroatoms. The Bertz CT molecular complexity index is 665. The zero-order valence-electron chi connectivity index (χ0n) is 13.6. The summed E-state index contributed by atoms with van der Waals surface area (Å²) < 4.78 is 12.2. The van der Waals surface area contributed by atoms with Crippen LogP contribution >= 0.6 is 22.9 Å². The van der Waals surface area contributed by atoms with E-state index in [9.17, 15) is 0 Å². The second-order valence-corrected chi connectivity index (χ2v) is 7.68. The molecule has 2 aromatic heterocycles. The molecule has 0 aromatic carbocycles. The highest BCUT2D eigenvalue weighted by Crippen LogP contribution is 2.36. The van der Waals surface area contributed by atoms with E-state index in [4.69, 9.17) is 26.1 Å². The maximum Gasteiger partial charge on any atom is 0.140 e. The van der Waals surface area contributed by atoms with Crippen molar-refractivity contribution in [1.29, 1.82) is 0 Å². The van der Waals surface area contributed by atoms with E-state index in [0.29, 0.717) is 12.7 Å². The third-order valence-electron chi connectivity index (χ3n) is 4.19. The molecule has 2 heterocycles. The fourth-order valence-corrected chi connectivity index (χ4v) is 4.26. The number of nitrogens with zero attached hydrogens (tertiary/aromatic N) is 1. The molecule has 1 aliphatic rings. The molecule has 2 aromatic rings. The van der Waals surface area contributed by atoms with Gasteiger partial charge in [-0.15, -0.1) is 11.3 Å². The fraction of sp³-hybridized carbons (Fsp3) is 0.500. The van der Waals surface area contributed by atoms with E-state index in [1.165, 1.54) is 30.6 Å². The van der Waals surface area contributed by atoms with Crippen molar-refractivity contribution in [2.45, 2.75) is 51.7 Å². The van der Waals surface area contributed by atoms with Gasteiger partial charge in [-0.3, -0.25) is 0 Å².